The maximum atomic E-state index is 9.27. The molecule has 4 nitrogen and oxygen atoms in total. The molecule has 17 heavy (non-hydrogen) atoms. The Hall–Kier alpha value is -1.73. The van der Waals surface area contributed by atoms with Gasteiger partial charge in [0, 0.05) is 6.04 Å². The van der Waals surface area contributed by atoms with Crippen molar-refractivity contribution in [3.8, 4) is 6.07 Å². The molecule has 0 bridgehead atoms. The number of aliphatic hydroxyl groups is 1. The van der Waals surface area contributed by atoms with Gasteiger partial charge in [-0.05, 0) is 30.5 Å². The number of nitrogen functional groups attached to an aromatic ring is 1. The molecule has 0 aliphatic carbocycles. The minimum absolute atomic E-state index is 0.00904. The van der Waals surface area contributed by atoms with Crippen LogP contribution in [0.5, 0.6) is 0 Å². The van der Waals surface area contributed by atoms with Gasteiger partial charge in [-0.15, -0.1) is 0 Å². The van der Waals surface area contributed by atoms with E-state index in [0.29, 0.717) is 17.2 Å². The number of benzene rings is 1. The van der Waals surface area contributed by atoms with Crippen molar-refractivity contribution in [1.29, 1.82) is 5.26 Å². The van der Waals surface area contributed by atoms with E-state index in [0.717, 1.165) is 12.1 Å². The molecular formula is C13H19N3O. The monoisotopic (exact) mass is 233 g/mol. The van der Waals surface area contributed by atoms with Crippen molar-refractivity contribution in [3.05, 3.63) is 23.8 Å². The third kappa shape index (κ3) is 3.97. The van der Waals surface area contributed by atoms with Gasteiger partial charge in [-0.2, -0.15) is 5.26 Å². The summed E-state index contributed by atoms with van der Waals surface area (Å²) in [6.45, 7) is 4.27. The van der Waals surface area contributed by atoms with E-state index >= 15 is 0 Å². The number of hydrogen-bond donors (Lipinski definition) is 3. The van der Waals surface area contributed by atoms with Crippen LogP contribution in [0.1, 0.15) is 25.8 Å². The van der Waals surface area contributed by atoms with Crippen LogP contribution in [0.3, 0.4) is 0 Å². The predicted molar refractivity (Wildman–Crippen MR) is 69.5 cm³/mol. The quantitative estimate of drug-likeness (QED) is 0.679. The first-order valence-electron chi connectivity index (χ1n) is 5.73. The van der Waals surface area contributed by atoms with Gasteiger partial charge in [-0.3, -0.25) is 0 Å². The van der Waals surface area contributed by atoms with Crippen LogP contribution in [0.2, 0.25) is 0 Å². The van der Waals surface area contributed by atoms with E-state index in [9.17, 15) is 5.11 Å². The highest BCUT2D eigenvalue weighted by Crippen LogP contribution is 2.21. The van der Waals surface area contributed by atoms with E-state index < -0.39 is 0 Å². The van der Waals surface area contributed by atoms with Gasteiger partial charge in [-0.1, -0.05) is 13.8 Å². The number of hydrogen-bond acceptors (Lipinski definition) is 4. The van der Waals surface area contributed by atoms with E-state index in [-0.39, 0.29) is 12.6 Å². The van der Waals surface area contributed by atoms with Gasteiger partial charge in [0.05, 0.1) is 29.6 Å². The van der Waals surface area contributed by atoms with E-state index in [1.54, 1.807) is 18.2 Å². The molecule has 0 saturated carbocycles. The van der Waals surface area contributed by atoms with Gasteiger partial charge in [0.1, 0.15) is 0 Å². The van der Waals surface area contributed by atoms with Crippen LogP contribution in [0.15, 0.2) is 18.2 Å². The lowest BCUT2D eigenvalue weighted by Crippen LogP contribution is -2.26. The van der Waals surface area contributed by atoms with Crippen molar-refractivity contribution >= 4 is 11.4 Å². The lowest BCUT2D eigenvalue weighted by Gasteiger charge is -2.20. The van der Waals surface area contributed by atoms with Gasteiger partial charge in [0.25, 0.3) is 0 Å². The molecule has 0 amide bonds. The molecule has 0 aromatic heterocycles. The van der Waals surface area contributed by atoms with Gasteiger partial charge >= 0.3 is 0 Å². The summed E-state index contributed by atoms with van der Waals surface area (Å²) in [6, 6.07) is 7.14. The zero-order valence-electron chi connectivity index (χ0n) is 10.3. The first-order chi connectivity index (χ1) is 8.06. The Kier molecular flexibility index (Phi) is 4.80. The highest BCUT2D eigenvalue weighted by Gasteiger charge is 2.11. The summed E-state index contributed by atoms with van der Waals surface area (Å²) in [5.41, 5.74) is 7.68. The SMILES string of the molecule is CC(C)CC(CO)Nc1ccc(C#N)cc1N. The number of nitrogens with two attached hydrogens (primary N) is 1. The minimum Gasteiger partial charge on any atom is -0.397 e. The third-order valence-corrected chi connectivity index (χ3v) is 2.52. The molecule has 0 fully saturated rings. The first-order valence-corrected chi connectivity index (χ1v) is 5.73. The fourth-order valence-electron chi connectivity index (χ4n) is 1.73. The van der Waals surface area contributed by atoms with Crippen LogP contribution in [0.25, 0.3) is 0 Å². The number of anilines is 2. The summed E-state index contributed by atoms with van der Waals surface area (Å²) in [5, 5.41) is 21.2. The molecule has 0 radical (unpaired) electrons. The molecule has 4 heteroatoms. The molecule has 92 valence electrons. The van der Waals surface area contributed by atoms with Crippen LogP contribution in [-0.4, -0.2) is 17.8 Å². The first kappa shape index (κ1) is 13.3. The van der Waals surface area contributed by atoms with Crippen LogP contribution in [0.4, 0.5) is 11.4 Å². The molecule has 0 spiro atoms. The summed E-state index contributed by atoms with van der Waals surface area (Å²) in [7, 11) is 0. The zero-order chi connectivity index (χ0) is 12.8. The summed E-state index contributed by atoms with van der Waals surface area (Å²) in [5.74, 6) is 0.499. The topological polar surface area (TPSA) is 82.1 Å². The number of nitrogens with one attached hydrogen (secondary N) is 1. The predicted octanol–water partition coefficient (Wildman–Crippen LogP) is 1.96. The highest BCUT2D eigenvalue weighted by molar-refractivity contribution is 5.68. The highest BCUT2D eigenvalue weighted by atomic mass is 16.3. The summed E-state index contributed by atoms with van der Waals surface area (Å²) in [4.78, 5) is 0. The fraction of sp³-hybridized carbons (Fsp3) is 0.462. The Labute approximate surface area is 102 Å². The Bertz CT molecular complexity index is 410. The van der Waals surface area contributed by atoms with Gasteiger partial charge in [0.2, 0.25) is 0 Å². The molecule has 1 unspecified atom stereocenters. The standard InChI is InChI=1S/C13H19N3O/c1-9(2)5-11(8-17)16-13-4-3-10(7-14)6-12(13)15/h3-4,6,9,11,16-17H,5,8,15H2,1-2H3. The number of nitrogens with zero attached hydrogens (tertiary/aromatic N) is 1. The van der Waals surface area contributed by atoms with Crippen LogP contribution >= 0.6 is 0 Å². The minimum atomic E-state index is -0.00904. The van der Waals surface area contributed by atoms with Gasteiger partial charge < -0.3 is 16.2 Å². The second-order valence-electron chi connectivity index (χ2n) is 4.57. The van der Waals surface area contributed by atoms with Gasteiger partial charge in [-0.25, -0.2) is 0 Å². The number of nitriles is 1. The number of aliphatic hydroxyl groups excluding tert-OH is 1. The second kappa shape index (κ2) is 6.12. The average Bonchev–Trinajstić information content (AvgIpc) is 2.29. The molecular weight excluding hydrogens is 214 g/mol. The molecule has 0 aliphatic rings. The summed E-state index contributed by atoms with van der Waals surface area (Å²) >= 11 is 0. The van der Waals surface area contributed by atoms with Crippen molar-refractivity contribution in [3.63, 3.8) is 0 Å². The molecule has 0 heterocycles. The fourth-order valence-corrected chi connectivity index (χ4v) is 1.73. The molecule has 0 aliphatic heterocycles. The van der Waals surface area contributed by atoms with Crippen molar-refractivity contribution in [2.24, 2.45) is 5.92 Å². The molecule has 1 atom stereocenters. The Morgan fingerprint density at radius 1 is 1.47 bits per heavy atom. The maximum Gasteiger partial charge on any atom is 0.0992 e. The Morgan fingerprint density at radius 3 is 2.65 bits per heavy atom. The lowest BCUT2D eigenvalue weighted by atomic mass is 10.0. The average molecular weight is 233 g/mol. The van der Waals surface area contributed by atoms with Crippen LogP contribution in [-0.2, 0) is 0 Å². The third-order valence-electron chi connectivity index (χ3n) is 2.52. The molecule has 1 rings (SSSR count). The van der Waals surface area contributed by atoms with Crippen LogP contribution < -0.4 is 11.1 Å². The van der Waals surface area contributed by atoms with Gasteiger partial charge in [0.15, 0.2) is 0 Å². The summed E-state index contributed by atoms with van der Waals surface area (Å²) < 4.78 is 0. The maximum absolute atomic E-state index is 9.27. The Morgan fingerprint density at radius 2 is 2.18 bits per heavy atom. The normalized spacial score (nSPS) is 12.2. The van der Waals surface area contributed by atoms with Crippen LogP contribution in [0, 0.1) is 17.2 Å². The van der Waals surface area contributed by atoms with E-state index in [1.165, 1.54) is 0 Å². The molecule has 1 aromatic rings. The van der Waals surface area contributed by atoms with E-state index in [1.807, 2.05) is 6.07 Å². The zero-order valence-corrected chi connectivity index (χ0v) is 10.3. The largest absolute Gasteiger partial charge is 0.397 e. The van der Waals surface area contributed by atoms with Crippen molar-refractivity contribution in [1.82, 2.24) is 0 Å². The lowest BCUT2D eigenvalue weighted by molar-refractivity contribution is 0.259. The van der Waals surface area contributed by atoms with E-state index in [4.69, 9.17) is 11.0 Å². The van der Waals surface area contributed by atoms with Crippen molar-refractivity contribution < 1.29 is 5.11 Å². The molecule has 0 saturated heterocycles. The summed E-state index contributed by atoms with van der Waals surface area (Å²) in [6.07, 6.45) is 0.871. The Balaban J connectivity index is 2.76. The van der Waals surface area contributed by atoms with Crippen molar-refractivity contribution in [2.75, 3.05) is 17.7 Å². The smallest absolute Gasteiger partial charge is 0.0992 e. The molecule has 1 aromatic carbocycles. The van der Waals surface area contributed by atoms with Crippen molar-refractivity contribution in [2.45, 2.75) is 26.3 Å². The van der Waals surface area contributed by atoms with E-state index in [2.05, 4.69) is 19.2 Å². The number of rotatable bonds is 5. The molecule has 4 N–H and O–H groups in total. The second-order valence-corrected chi connectivity index (χ2v) is 4.57.